The number of hydrogen-bond acceptors (Lipinski definition) is 6. The fraction of sp³-hybridized carbons (Fsp3) is 0.610. The van der Waals surface area contributed by atoms with Crippen LogP contribution in [0.15, 0.2) is 134 Å². The van der Waals surface area contributed by atoms with Crippen molar-refractivity contribution in [3.05, 3.63) is 134 Å². The first-order valence-electron chi connectivity index (χ1n) is 26.5. The van der Waals surface area contributed by atoms with Gasteiger partial charge in [-0.15, -0.1) is 0 Å². The number of nitrogens with zero attached hydrogens (tertiary/aromatic N) is 1. The molecular weight excluding hydrogens is 864 g/mol. The Kier molecular flexibility index (Phi) is 46.3. The first-order chi connectivity index (χ1) is 33.0. The van der Waals surface area contributed by atoms with Crippen molar-refractivity contribution < 1.29 is 32.9 Å². The lowest BCUT2D eigenvalue weighted by Gasteiger charge is -2.29. The van der Waals surface area contributed by atoms with Gasteiger partial charge in [0.15, 0.2) is 0 Å². The van der Waals surface area contributed by atoms with Crippen molar-refractivity contribution in [2.24, 2.45) is 0 Å². The van der Waals surface area contributed by atoms with E-state index in [2.05, 4.69) is 141 Å². The molecule has 8 nitrogen and oxygen atoms in total. The van der Waals surface area contributed by atoms with Gasteiger partial charge >= 0.3 is 0 Å². The highest BCUT2D eigenvalue weighted by Crippen LogP contribution is 2.38. The van der Waals surface area contributed by atoms with Gasteiger partial charge in [-0.25, -0.2) is 0 Å². The lowest BCUT2D eigenvalue weighted by molar-refractivity contribution is -0.870. The summed E-state index contributed by atoms with van der Waals surface area (Å²) in [5.41, 5.74) is 0. The fourth-order valence-corrected chi connectivity index (χ4v) is 7.39. The summed E-state index contributed by atoms with van der Waals surface area (Å²) in [6.45, 7) is 4.45. The Balaban J connectivity index is 4.34. The average Bonchev–Trinajstić information content (AvgIpc) is 3.30. The van der Waals surface area contributed by atoms with E-state index in [1.807, 2.05) is 27.2 Å². The quantitative estimate of drug-likeness (QED) is 0.0272. The summed E-state index contributed by atoms with van der Waals surface area (Å²) in [6.07, 6.45) is 73.7. The van der Waals surface area contributed by atoms with E-state index in [0.717, 1.165) is 128 Å². The highest BCUT2D eigenvalue weighted by Gasteiger charge is 2.23. The van der Waals surface area contributed by atoms with Gasteiger partial charge < -0.3 is 28.8 Å². The molecule has 0 aliphatic carbocycles. The lowest BCUT2D eigenvalue weighted by Crippen LogP contribution is -2.45. The molecule has 68 heavy (non-hydrogen) atoms. The summed E-state index contributed by atoms with van der Waals surface area (Å²) in [6, 6.07) is -0.928. The minimum absolute atomic E-state index is 0.0200. The van der Waals surface area contributed by atoms with E-state index >= 15 is 0 Å². The smallest absolute Gasteiger partial charge is 0.268 e. The van der Waals surface area contributed by atoms with Crippen LogP contribution in [0.4, 0.5) is 0 Å². The summed E-state index contributed by atoms with van der Waals surface area (Å²) < 4.78 is 23.2. The van der Waals surface area contributed by atoms with Crippen LogP contribution in [0.3, 0.4) is 0 Å². The summed E-state index contributed by atoms with van der Waals surface area (Å²) in [7, 11) is 1.20. The van der Waals surface area contributed by atoms with E-state index < -0.39 is 26.6 Å². The fourth-order valence-electron chi connectivity index (χ4n) is 6.67. The van der Waals surface area contributed by atoms with Gasteiger partial charge in [-0.05, 0) is 109 Å². The van der Waals surface area contributed by atoms with Crippen LogP contribution in [0.2, 0.25) is 0 Å². The number of phosphoric ester groups is 1. The maximum Gasteiger partial charge on any atom is 0.268 e. The van der Waals surface area contributed by atoms with Crippen molar-refractivity contribution >= 4 is 13.7 Å². The summed E-state index contributed by atoms with van der Waals surface area (Å²) in [5.74, 6) is -0.234. The Hall–Kier alpha value is -3.36. The van der Waals surface area contributed by atoms with Crippen molar-refractivity contribution in [1.82, 2.24) is 5.32 Å². The van der Waals surface area contributed by atoms with E-state index in [1.165, 1.54) is 32.1 Å². The molecule has 0 heterocycles. The van der Waals surface area contributed by atoms with Crippen molar-refractivity contribution in [3.63, 3.8) is 0 Å². The van der Waals surface area contributed by atoms with Crippen LogP contribution in [0.1, 0.15) is 181 Å². The maximum atomic E-state index is 12.9. The van der Waals surface area contributed by atoms with E-state index in [-0.39, 0.29) is 12.5 Å². The number of likely N-dealkylation sites (N-methyl/N-ethyl adjacent to an activating group) is 1. The second-order valence-electron chi connectivity index (χ2n) is 18.5. The molecule has 3 unspecified atom stereocenters. The molecule has 1 amide bonds. The van der Waals surface area contributed by atoms with Gasteiger partial charge in [-0.2, -0.15) is 0 Å². The molecule has 0 spiro atoms. The average molecular weight is 963 g/mol. The molecule has 0 saturated heterocycles. The third kappa shape index (κ3) is 50.5. The number of carbonyl (C=O) groups is 1. The molecular formula is C59H99N2O6P. The van der Waals surface area contributed by atoms with Crippen LogP contribution in [0.5, 0.6) is 0 Å². The molecule has 0 fully saturated rings. The van der Waals surface area contributed by atoms with Gasteiger partial charge in [0, 0.05) is 6.42 Å². The van der Waals surface area contributed by atoms with Gasteiger partial charge in [0.05, 0.1) is 39.9 Å². The monoisotopic (exact) mass is 963 g/mol. The predicted molar refractivity (Wildman–Crippen MR) is 292 cm³/mol. The summed E-state index contributed by atoms with van der Waals surface area (Å²) in [5, 5.41) is 13.8. The van der Waals surface area contributed by atoms with Crippen molar-refractivity contribution in [2.45, 2.75) is 193 Å². The number of phosphoric acid groups is 1. The zero-order valence-electron chi connectivity index (χ0n) is 43.7. The second kappa shape index (κ2) is 48.7. The minimum Gasteiger partial charge on any atom is -0.756 e. The largest absolute Gasteiger partial charge is 0.756 e. The third-order valence-corrected chi connectivity index (χ3v) is 11.8. The van der Waals surface area contributed by atoms with E-state index in [0.29, 0.717) is 17.4 Å². The van der Waals surface area contributed by atoms with Crippen LogP contribution in [-0.2, 0) is 18.4 Å². The number of amides is 1. The standard InChI is InChI=1S/C59H99N2O6P/c1-6-8-10-12-14-16-18-20-22-23-24-25-26-27-28-29-30-31-32-33-34-35-36-37-39-41-43-45-47-49-51-53-59(63)60-57(56-67-68(64,65)66-55-54-61(3,4)5)58(62)52-50-48-46-44-42-40-38-21-19-17-15-13-11-9-7-2/h8,10,14,16,19-22,24-25,27-28,30-31,33-34,36-37,42,44,50,52,57-58,62H,6-7,9,11-13,15,17-18,23,26,29,32,35,38-41,43,45-49,51,53-56H2,1-5H3,(H-,60,63,64,65)/b10-8-,16-14-,21-19+,22-20-,25-24-,28-27-,31-30-,34-33-,37-36-,44-42+,52-50+. The molecule has 0 aliphatic rings. The number of aliphatic hydroxyl groups is 1. The van der Waals surface area contributed by atoms with Gasteiger partial charge in [-0.1, -0.05) is 199 Å². The Morgan fingerprint density at radius 3 is 1.37 bits per heavy atom. The Bertz CT molecular complexity index is 1560. The van der Waals surface area contributed by atoms with Gasteiger partial charge in [0.1, 0.15) is 13.2 Å². The predicted octanol–water partition coefficient (Wildman–Crippen LogP) is 15.3. The molecule has 2 N–H and O–H groups in total. The molecule has 0 aromatic heterocycles. The Labute approximate surface area is 417 Å². The lowest BCUT2D eigenvalue weighted by atomic mass is 10.1. The highest BCUT2D eigenvalue weighted by molar-refractivity contribution is 7.45. The number of unbranched alkanes of at least 4 members (excludes halogenated alkanes) is 13. The molecule has 3 atom stereocenters. The van der Waals surface area contributed by atoms with Gasteiger partial charge in [0.2, 0.25) is 5.91 Å². The summed E-state index contributed by atoms with van der Waals surface area (Å²) >= 11 is 0. The zero-order valence-corrected chi connectivity index (χ0v) is 44.6. The Morgan fingerprint density at radius 2 is 0.912 bits per heavy atom. The van der Waals surface area contributed by atoms with Crippen LogP contribution in [0, 0.1) is 0 Å². The van der Waals surface area contributed by atoms with E-state index in [9.17, 15) is 19.4 Å². The second-order valence-corrected chi connectivity index (χ2v) is 19.9. The number of nitrogens with one attached hydrogen (secondary N) is 1. The van der Waals surface area contributed by atoms with Crippen molar-refractivity contribution in [1.29, 1.82) is 0 Å². The number of aliphatic hydroxyl groups excluding tert-OH is 1. The first-order valence-corrected chi connectivity index (χ1v) is 28.0. The number of rotatable bonds is 46. The molecule has 0 aliphatic heterocycles. The zero-order chi connectivity index (χ0) is 49.9. The number of carbonyl (C=O) groups excluding carboxylic acids is 1. The molecule has 9 heteroatoms. The maximum absolute atomic E-state index is 12.9. The molecule has 0 bridgehead atoms. The van der Waals surface area contributed by atoms with Crippen LogP contribution < -0.4 is 10.2 Å². The first kappa shape index (κ1) is 64.6. The normalized spacial score (nSPS) is 15.1. The number of allylic oxidation sites excluding steroid dienone is 21. The van der Waals surface area contributed by atoms with Crippen molar-refractivity contribution in [3.8, 4) is 0 Å². The van der Waals surface area contributed by atoms with Crippen molar-refractivity contribution in [2.75, 3.05) is 40.9 Å². The van der Waals surface area contributed by atoms with E-state index in [1.54, 1.807) is 6.08 Å². The van der Waals surface area contributed by atoms with Crippen LogP contribution in [0.25, 0.3) is 0 Å². The topological polar surface area (TPSA) is 108 Å². The van der Waals surface area contributed by atoms with E-state index in [4.69, 9.17) is 9.05 Å². The molecule has 0 radical (unpaired) electrons. The molecule has 0 aromatic rings. The molecule has 0 saturated carbocycles. The molecule has 0 rings (SSSR count). The van der Waals surface area contributed by atoms with Gasteiger partial charge in [0.25, 0.3) is 7.82 Å². The SMILES string of the molecule is CC/C=C\C/C=C\C/C=C\C/C=C\C/C=C\C/C=C\C/C=C\C/C=C\CCCCCCCCC(=O)NC(COP(=O)([O-])OCC[N+](C)(C)C)C(O)/C=C/CC/C=C/CC/C=C/CCCCCCC. The minimum atomic E-state index is -4.62. The third-order valence-electron chi connectivity index (χ3n) is 10.8. The summed E-state index contributed by atoms with van der Waals surface area (Å²) in [4.78, 5) is 25.4. The molecule has 0 aromatic carbocycles. The van der Waals surface area contributed by atoms with Gasteiger partial charge in [-0.3, -0.25) is 9.36 Å². The number of hydrogen-bond donors (Lipinski definition) is 2. The highest BCUT2D eigenvalue weighted by atomic mass is 31.2. The molecule has 386 valence electrons. The van der Waals surface area contributed by atoms with Crippen LogP contribution >= 0.6 is 7.82 Å². The number of quaternary nitrogens is 1. The van der Waals surface area contributed by atoms with Crippen LogP contribution in [-0.4, -0.2) is 68.5 Å². The Morgan fingerprint density at radius 1 is 0.529 bits per heavy atom.